The predicted octanol–water partition coefficient (Wildman–Crippen LogP) is 1.68. The van der Waals surface area contributed by atoms with Crippen molar-refractivity contribution < 1.29 is 22.9 Å². The molecule has 2 heterocycles. The maximum atomic E-state index is 13.3. The normalized spacial score (nSPS) is 20.4. The highest BCUT2D eigenvalue weighted by Gasteiger charge is 2.47. The lowest BCUT2D eigenvalue weighted by Crippen LogP contribution is -3.19. The molecule has 0 aromatic heterocycles. The lowest BCUT2D eigenvalue weighted by molar-refractivity contribution is -0.918. The zero-order valence-corrected chi connectivity index (χ0v) is 20.1. The van der Waals surface area contributed by atoms with E-state index >= 15 is 0 Å². The largest absolute Gasteiger partial charge is 0.322 e. The van der Waals surface area contributed by atoms with Crippen molar-refractivity contribution in [2.24, 2.45) is 0 Å². The van der Waals surface area contributed by atoms with Gasteiger partial charge in [0.25, 0.3) is 5.91 Å². The molecule has 8 heteroatoms. The van der Waals surface area contributed by atoms with Crippen molar-refractivity contribution in [1.29, 1.82) is 0 Å². The molecule has 5 rings (SSSR count). The topological polar surface area (TPSA) is 79.2 Å². The van der Waals surface area contributed by atoms with Gasteiger partial charge in [-0.2, -0.15) is 4.31 Å². The highest BCUT2D eigenvalue weighted by atomic mass is 32.2. The highest BCUT2D eigenvalue weighted by Crippen LogP contribution is 2.29. The molecule has 7 nitrogen and oxygen atoms in total. The van der Waals surface area contributed by atoms with Gasteiger partial charge in [-0.1, -0.05) is 48.5 Å². The van der Waals surface area contributed by atoms with Gasteiger partial charge in [0.2, 0.25) is 15.9 Å². The molecular formula is C26H28N3O4S+. The van der Waals surface area contributed by atoms with Crippen molar-refractivity contribution in [2.75, 3.05) is 31.1 Å². The minimum Gasteiger partial charge on any atom is -0.322 e. The first-order valence-corrected chi connectivity index (χ1v) is 13.0. The molecule has 0 unspecified atom stereocenters. The number of quaternary nitrogens is 1. The number of hydrogen-bond acceptors (Lipinski definition) is 4. The van der Waals surface area contributed by atoms with Crippen molar-refractivity contribution in [3.8, 4) is 0 Å². The number of imide groups is 1. The van der Waals surface area contributed by atoms with Crippen LogP contribution in [-0.2, 0) is 19.6 Å². The van der Waals surface area contributed by atoms with Crippen molar-refractivity contribution in [3.05, 3.63) is 71.8 Å². The monoisotopic (exact) mass is 478 g/mol. The Kier molecular flexibility index (Phi) is 5.75. The molecule has 0 spiro atoms. The number of carbonyl (C=O) groups excluding carboxylic acids is 2. The van der Waals surface area contributed by atoms with E-state index in [4.69, 9.17) is 0 Å². The number of sulfonamides is 1. The molecule has 2 aliphatic rings. The molecule has 3 aromatic rings. The Morgan fingerprint density at radius 2 is 1.50 bits per heavy atom. The number of carbonyl (C=O) groups is 2. The first-order valence-electron chi connectivity index (χ1n) is 11.5. The summed E-state index contributed by atoms with van der Waals surface area (Å²) in [6.07, 6.45) is 0.152. The molecule has 0 bridgehead atoms. The van der Waals surface area contributed by atoms with Gasteiger partial charge in [0.1, 0.15) is 0 Å². The van der Waals surface area contributed by atoms with E-state index in [1.807, 2.05) is 62.4 Å². The van der Waals surface area contributed by atoms with Crippen LogP contribution in [0, 0.1) is 13.8 Å². The molecule has 1 atom stereocenters. The van der Waals surface area contributed by atoms with Crippen LogP contribution in [0.3, 0.4) is 0 Å². The number of amides is 2. The standard InChI is InChI=1S/C26H27N3O4S/c1-18-6-5-7-19(2)25(18)29-24(30)17-23(26(29)31)27-12-14-28(15-13-27)34(32,33)22-11-10-20-8-3-4-9-21(20)16-22/h3-11,16,23H,12-15,17H2,1-2H3/p+1/t23-/m0/s1. The summed E-state index contributed by atoms with van der Waals surface area (Å²) in [5.41, 5.74) is 2.46. The molecule has 34 heavy (non-hydrogen) atoms. The summed E-state index contributed by atoms with van der Waals surface area (Å²) in [6.45, 7) is 5.39. The molecule has 2 fully saturated rings. The number of hydrogen-bond donors (Lipinski definition) is 1. The number of para-hydroxylation sites is 1. The van der Waals surface area contributed by atoms with Gasteiger partial charge >= 0.3 is 0 Å². The van der Waals surface area contributed by atoms with Gasteiger partial charge in [-0.15, -0.1) is 0 Å². The third-order valence-corrected chi connectivity index (χ3v) is 8.92. The number of anilines is 1. The molecule has 0 aliphatic carbocycles. The van der Waals surface area contributed by atoms with Crippen molar-refractivity contribution in [2.45, 2.75) is 31.2 Å². The van der Waals surface area contributed by atoms with Gasteiger partial charge < -0.3 is 4.90 Å². The first kappa shape index (κ1) is 22.7. The number of nitrogens with zero attached hydrogens (tertiary/aromatic N) is 2. The molecule has 2 aliphatic heterocycles. The molecule has 0 radical (unpaired) electrons. The van der Waals surface area contributed by atoms with Crippen LogP contribution in [0.15, 0.2) is 65.6 Å². The summed E-state index contributed by atoms with van der Waals surface area (Å²) in [4.78, 5) is 28.7. The highest BCUT2D eigenvalue weighted by molar-refractivity contribution is 7.89. The zero-order chi connectivity index (χ0) is 24.0. The van der Waals surface area contributed by atoms with E-state index in [-0.39, 0.29) is 23.1 Å². The summed E-state index contributed by atoms with van der Waals surface area (Å²) < 4.78 is 28.0. The van der Waals surface area contributed by atoms with E-state index < -0.39 is 16.1 Å². The number of aryl methyl sites for hydroxylation is 2. The number of piperazine rings is 1. The summed E-state index contributed by atoms with van der Waals surface area (Å²) in [5, 5.41) is 1.88. The van der Waals surface area contributed by atoms with Gasteiger partial charge in [0.15, 0.2) is 6.04 Å². The predicted molar refractivity (Wildman–Crippen MR) is 130 cm³/mol. The van der Waals surface area contributed by atoms with E-state index in [9.17, 15) is 18.0 Å². The second kappa shape index (κ2) is 8.61. The van der Waals surface area contributed by atoms with Crippen LogP contribution >= 0.6 is 0 Å². The van der Waals surface area contributed by atoms with Crippen LogP contribution in [0.25, 0.3) is 10.8 Å². The van der Waals surface area contributed by atoms with Gasteiger partial charge in [0, 0.05) is 0 Å². The van der Waals surface area contributed by atoms with Crippen LogP contribution in [0.4, 0.5) is 5.69 Å². The third kappa shape index (κ3) is 3.81. The Balaban J connectivity index is 1.31. The Bertz CT molecular complexity index is 1370. The minimum absolute atomic E-state index is 0.152. The smallest absolute Gasteiger partial charge is 0.292 e. The maximum absolute atomic E-state index is 13.3. The van der Waals surface area contributed by atoms with Crippen LogP contribution < -0.4 is 9.80 Å². The minimum atomic E-state index is -3.63. The summed E-state index contributed by atoms with van der Waals surface area (Å²) in [6, 6.07) is 18.1. The Hall–Kier alpha value is -3.07. The number of nitrogens with one attached hydrogen (secondary N) is 1. The molecule has 1 N–H and O–H groups in total. The molecule has 176 valence electrons. The molecule has 2 amide bonds. The molecular weight excluding hydrogens is 450 g/mol. The van der Waals surface area contributed by atoms with E-state index in [2.05, 4.69) is 0 Å². The maximum Gasteiger partial charge on any atom is 0.292 e. The van der Waals surface area contributed by atoms with E-state index in [1.165, 1.54) is 9.21 Å². The van der Waals surface area contributed by atoms with Gasteiger partial charge in [-0.3, -0.25) is 9.59 Å². The van der Waals surface area contributed by atoms with E-state index in [0.717, 1.165) is 26.8 Å². The lowest BCUT2D eigenvalue weighted by Gasteiger charge is -2.33. The molecule has 2 saturated heterocycles. The number of rotatable bonds is 4. The van der Waals surface area contributed by atoms with Crippen molar-refractivity contribution in [1.82, 2.24) is 4.31 Å². The van der Waals surface area contributed by atoms with Crippen LogP contribution in [0.1, 0.15) is 17.5 Å². The van der Waals surface area contributed by atoms with Crippen LogP contribution in [0.2, 0.25) is 0 Å². The van der Waals surface area contributed by atoms with Crippen LogP contribution in [-0.4, -0.2) is 56.8 Å². The van der Waals surface area contributed by atoms with Gasteiger partial charge in [0.05, 0.1) is 43.2 Å². The number of benzene rings is 3. The SMILES string of the molecule is Cc1cccc(C)c1N1C(=O)C[C@H]([NH+]2CCN(S(=O)(=O)c3ccc4ccccc4c3)CC2)C1=O. The zero-order valence-electron chi connectivity index (χ0n) is 19.3. The molecule has 3 aromatic carbocycles. The first-order chi connectivity index (χ1) is 16.3. The summed E-state index contributed by atoms with van der Waals surface area (Å²) in [5.74, 6) is -0.380. The quantitative estimate of drug-likeness (QED) is 0.579. The average molecular weight is 479 g/mol. The van der Waals surface area contributed by atoms with Crippen molar-refractivity contribution >= 4 is 38.3 Å². The summed E-state index contributed by atoms with van der Waals surface area (Å²) >= 11 is 0. The van der Waals surface area contributed by atoms with Gasteiger partial charge in [-0.05, 0) is 47.9 Å². The average Bonchev–Trinajstić information content (AvgIpc) is 3.12. The molecule has 0 saturated carbocycles. The fraction of sp³-hybridized carbons (Fsp3) is 0.308. The lowest BCUT2D eigenvalue weighted by atomic mass is 10.1. The number of fused-ring (bicyclic) bond motifs is 1. The van der Waals surface area contributed by atoms with Crippen LogP contribution in [0.5, 0.6) is 0 Å². The van der Waals surface area contributed by atoms with Gasteiger partial charge in [-0.25, -0.2) is 13.3 Å². The Morgan fingerprint density at radius 3 is 2.18 bits per heavy atom. The second-order valence-electron chi connectivity index (χ2n) is 9.14. The summed E-state index contributed by atoms with van der Waals surface area (Å²) in [7, 11) is -3.63. The fourth-order valence-electron chi connectivity index (χ4n) is 5.18. The van der Waals surface area contributed by atoms with E-state index in [0.29, 0.717) is 31.9 Å². The van der Waals surface area contributed by atoms with Crippen molar-refractivity contribution in [3.63, 3.8) is 0 Å². The fourth-order valence-corrected chi connectivity index (χ4v) is 6.66. The second-order valence-corrected chi connectivity index (χ2v) is 11.1. The third-order valence-electron chi connectivity index (χ3n) is 7.03. The Morgan fingerprint density at radius 1 is 0.853 bits per heavy atom. The Labute approximate surface area is 199 Å². The van der Waals surface area contributed by atoms with E-state index in [1.54, 1.807) is 12.1 Å².